The van der Waals surface area contributed by atoms with Gasteiger partial charge in [-0.1, -0.05) is 12.1 Å². The molecule has 0 radical (unpaired) electrons. The highest BCUT2D eigenvalue weighted by atomic mass is 32.2. The van der Waals surface area contributed by atoms with E-state index in [4.69, 9.17) is 4.74 Å². The van der Waals surface area contributed by atoms with Crippen molar-refractivity contribution >= 4 is 15.9 Å². The smallest absolute Gasteiger partial charge is 0.256 e. The third-order valence-corrected chi connectivity index (χ3v) is 8.45. The second kappa shape index (κ2) is 7.96. The molecule has 6 nitrogen and oxygen atoms in total. The molecule has 29 heavy (non-hydrogen) atoms. The molecule has 3 fully saturated rings. The molecule has 1 aromatic carbocycles. The van der Waals surface area contributed by atoms with Gasteiger partial charge in [0.25, 0.3) is 5.91 Å². The Labute approximate surface area is 172 Å². The molecule has 160 valence electrons. The van der Waals surface area contributed by atoms with Gasteiger partial charge in [-0.25, -0.2) is 12.8 Å². The number of rotatable bonds is 5. The van der Waals surface area contributed by atoms with Crippen molar-refractivity contribution in [1.82, 2.24) is 9.21 Å². The Hall–Kier alpha value is -1.51. The molecule has 1 amide bonds. The zero-order valence-electron chi connectivity index (χ0n) is 16.8. The van der Waals surface area contributed by atoms with Gasteiger partial charge in [0.2, 0.25) is 10.0 Å². The third-order valence-electron chi connectivity index (χ3n) is 6.49. The Morgan fingerprint density at radius 1 is 1.21 bits per heavy atom. The molecule has 1 saturated carbocycles. The maximum Gasteiger partial charge on any atom is 0.256 e. The van der Waals surface area contributed by atoms with Crippen LogP contribution in [0.15, 0.2) is 24.3 Å². The lowest BCUT2D eigenvalue weighted by Gasteiger charge is -2.48. The summed E-state index contributed by atoms with van der Waals surface area (Å²) in [5.74, 6) is -0.672. The number of benzene rings is 1. The molecule has 1 unspecified atom stereocenters. The largest absolute Gasteiger partial charge is 0.375 e. The van der Waals surface area contributed by atoms with Gasteiger partial charge in [0, 0.05) is 31.8 Å². The number of carbonyl (C=O) groups is 1. The normalized spacial score (nSPS) is 24.8. The van der Waals surface area contributed by atoms with Crippen LogP contribution in [0.2, 0.25) is 0 Å². The van der Waals surface area contributed by atoms with Crippen LogP contribution in [0.25, 0.3) is 0 Å². The molecule has 2 saturated heterocycles. The Morgan fingerprint density at radius 3 is 2.52 bits per heavy atom. The molecule has 0 aromatic heterocycles. The molecular weight excluding hydrogens is 395 g/mol. The van der Waals surface area contributed by atoms with Gasteiger partial charge in [-0.3, -0.25) is 4.79 Å². The predicted octanol–water partition coefficient (Wildman–Crippen LogP) is 2.79. The summed E-state index contributed by atoms with van der Waals surface area (Å²) in [4.78, 5) is 14.4. The van der Waals surface area contributed by atoms with Gasteiger partial charge < -0.3 is 9.64 Å². The lowest BCUT2D eigenvalue weighted by molar-refractivity contribution is -0.123. The van der Waals surface area contributed by atoms with Gasteiger partial charge in [0.05, 0.1) is 16.9 Å². The van der Waals surface area contributed by atoms with E-state index < -0.39 is 21.4 Å². The number of halogens is 1. The topological polar surface area (TPSA) is 66.9 Å². The van der Waals surface area contributed by atoms with E-state index in [0.717, 1.165) is 19.3 Å². The first-order valence-electron chi connectivity index (χ1n) is 10.5. The van der Waals surface area contributed by atoms with Crippen molar-refractivity contribution in [3.05, 3.63) is 35.6 Å². The minimum absolute atomic E-state index is 0.0324. The molecule has 0 N–H and O–H groups in total. The van der Waals surface area contributed by atoms with Crippen LogP contribution in [-0.2, 0) is 14.8 Å². The number of ether oxygens (including phenoxy) is 1. The number of hydrogen-bond donors (Lipinski definition) is 0. The average molecular weight is 425 g/mol. The van der Waals surface area contributed by atoms with E-state index in [9.17, 15) is 17.6 Å². The Balaban J connectivity index is 1.44. The highest BCUT2D eigenvalue weighted by Crippen LogP contribution is 2.41. The SMILES string of the molecule is CCS(=O)(=O)N(C1CC1)C1CCOC2(CCN(C(=O)c3ccccc3F)CC2)C1. The molecular formula is C21H29FN2O4S. The Bertz CT molecular complexity index is 863. The van der Waals surface area contributed by atoms with Crippen molar-refractivity contribution in [1.29, 1.82) is 0 Å². The number of piperidine rings is 1. The first-order chi connectivity index (χ1) is 13.9. The fourth-order valence-electron chi connectivity index (χ4n) is 4.72. The van der Waals surface area contributed by atoms with E-state index in [1.807, 2.05) is 0 Å². The van der Waals surface area contributed by atoms with Crippen molar-refractivity contribution in [2.24, 2.45) is 0 Å². The fraction of sp³-hybridized carbons (Fsp3) is 0.667. The molecule has 2 heterocycles. The number of likely N-dealkylation sites (tertiary alicyclic amines) is 1. The van der Waals surface area contributed by atoms with Crippen molar-refractivity contribution in [3.8, 4) is 0 Å². The fourth-order valence-corrected chi connectivity index (χ4v) is 6.32. The van der Waals surface area contributed by atoms with E-state index in [1.165, 1.54) is 12.1 Å². The third kappa shape index (κ3) is 4.20. The number of hydrogen-bond acceptors (Lipinski definition) is 4. The van der Waals surface area contributed by atoms with E-state index in [0.29, 0.717) is 39.0 Å². The van der Waals surface area contributed by atoms with Crippen molar-refractivity contribution < 1.29 is 22.3 Å². The molecule has 1 aliphatic carbocycles. The Kier molecular flexibility index (Phi) is 5.70. The second-order valence-electron chi connectivity index (χ2n) is 8.41. The van der Waals surface area contributed by atoms with Gasteiger partial charge in [-0.15, -0.1) is 0 Å². The summed E-state index contributed by atoms with van der Waals surface area (Å²) >= 11 is 0. The summed E-state index contributed by atoms with van der Waals surface area (Å²) in [6.45, 7) is 3.22. The van der Waals surface area contributed by atoms with Crippen molar-refractivity contribution in [3.63, 3.8) is 0 Å². The summed E-state index contributed by atoms with van der Waals surface area (Å²) in [7, 11) is -3.25. The van der Waals surface area contributed by atoms with E-state index in [2.05, 4.69) is 0 Å². The molecule has 3 aliphatic rings. The summed E-state index contributed by atoms with van der Waals surface area (Å²) in [6.07, 6.45) is 4.56. The molecule has 1 atom stereocenters. The molecule has 1 spiro atoms. The summed E-state index contributed by atoms with van der Waals surface area (Å²) in [5.41, 5.74) is -0.300. The van der Waals surface area contributed by atoms with Crippen LogP contribution < -0.4 is 0 Å². The quantitative estimate of drug-likeness (QED) is 0.729. The molecule has 2 aliphatic heterocycles. The van der Waals surface area contributed by atoms with Crippen LogP contribution in [-0.4, -0.2) is 66.7 Å². The maximum atomic E-state index is 14.0. The summed E-state index contributed by atoms with van der Waals surface area (Å²) in [5, 5.41) is 0. The van der Waals surface area contributed by atoms with Crippen LogP contribution in [0.5, 0.6) is 0 Å². The molecule has 1 aromatic rings. The van der Waals surface area contributed by atoms with Crippen LogP contribution in [0.3, 0.4) is 0 Å². The van der Waals surface area contributed by atoms with Gasteiger partial charge in [-0.05, 0) is 57.6 Å². The zero-order chi connectivity index (χ0) is 20.6. The monoisotopic (exact) mass is 424 g/mol. The van der Waals surface area contributed by atoms with Gasteiger partial charge in [0.15, 0.2) is 0 Å². The number of amides is 1. The highest BCUT2D eigenvalue weighted by molar-refractivity contribution is 7.89. The van der Waals surface area contributed by atoms with Crippen LogP contribution in [0, 0.1) is 5.82 Å². The van der Waals surface area contributed by atoms with Crippen LogP contribution >= 0.6 is 0 Å². The van der Waals surface area contributed by atoms with E-state index in [1.54, 1.807) is 28.3 Å². The molecule has 4 rings (SSSR count). The molecule has 0 bridgehead atoms. The minimum Gasteiger partial charge on any atom is -0.375 e. The van der Waals surface area contributed by atoms with Crippen molar-refractivity contribution in [2.45, 2.75) is 63.1 Å². The standard InChI is InChI=1S/C21H29FN2O4S/c1-2-29(26,27)24(16-7-8-16)17-9-14-28-21(15-17)10-12-23(13-11-21)20(25)18-5-3-4-6-19(18)22/h3-6,16-17H,2,7-15H2,1H3. The molecule has 8 heteroatoms. The Morgan fingerprint density at radius 2 is 1.90 bits per heavy atom. The number of carbonyl (C=O) groups excluding carboxylic acids is 1. The average Bonchev–Trinajstić information content (AvgIpc) is 3.53. The first kappa shape index (κ1) is 20.8. The number of sulfonamides is 1. The van der Waals surface area contributed by atoms with Crippen LogP contribution in [0.4, 0.5) is 4.39 Å². The van der Waals surface area contributed by atoms with Gasteiger partial charge in [-0.2, -0.15) is 4.31 Å². The van der Waals surface area contributed by atoms with E-state index >= 15 is 0 Å². The maximum absolute atomic E-state index is 14.0. The summed E-state index contributed by atoms with van der Waals surface area (Å²) < 4.78 is 47.2. The van der Waals surface area contributed by atoms with Crippen LogP contribution in [0.1, 0.15) is 55.8 Å². The first-order valence-corrected chi connectivity index (χ1v) is 12.2. The minimum atomic E-state index is -3.25. The highest BCUT2D eigenvalue weighted by Gasteiger charge is 2.48. The predicted molar refractivity (Wildman–Crippen MR) is 108 cm³/mol. The second-order valence-corrected chi connectivity index (χ2v) is 10.6. The van der Waals surface area contributed by atoms with Crippen molar-refractivity contribution in [2.75, 3.05) is 25.4 Å². The summed E-state index contributed by atoms with van der Waals surface area (Å²) in [6, 6.07) is 6.16. The lowest BCUT2D eigenvalue weighted by atomic mass is 9.82. The van der Waals surface area contributed by atoms with E-state index in [-0.39, 0.29) is 29.3 Å². The lowest BCUT2D eigenvalue weighted by Crippen LogP contribution is -2.56. The van der Waals surface area contributed by atoms with Gasteiger partial charge in [0.1, 0.15) is 5.82 Å². The zero-order valence-corrected chi connectivity index (χ0v) is 17.7. The van der Waals surface area contributed by atoms with Gasteiger partial charge >= 0.3 is 0 Å². The number of nitrogens with zero attached hydrogens (tertiary/aromatic N) is 2.